The summed E-state index contributed by atoms with van der Waals surface area (Å²) in [6.07, 6.45) is 0. The lowest BCUT2D eigenvalue weighted by molar-refractivity contribution is 0.0691. The molecule has 2 heterocycles. The molecule has 2 aromatic heterocycles. The van der Waals surface area contributed by atoms with Gasteiger partial charge in [-0.05, 0) is 49.2 Å². The molecule has 0 bridgehead atoms. The molecule has 0 aliphatic heterocycles. The van der Waals surface area contributed by atoms with Crippen LogP contribution in [0.5, 0.6) is 0 Å². The second-order valence-corrected chi connectivity index (χ2v) is 5.59. The van der Waals surface area contributed by atoms with Gasteiger partial charge in [0.1, 0.15) is 11.5 Å². The lowest BCUT2D eigenvalue weighted by Crippen LogP contribution is -1.98. The summed E-state index contributed by atoms with van der Waals surface area (Å²) >= 11 is 0. The molecule has 4 nitrogen and oxygen atoms in total. The van der Waals surface area contributed by atoms with E-state index in [1.54, 1.807) is 13.0 Å². The number of nitrogens with one attached hydrogen (secondary N) is 2. The number of carboxylic acid groups (broad SMARTS) is 1. The highest BCUT2D eigenvalue weighted by Crippen LogP contribution is 2.35. The summed E-state index contributed by atoms with van der Waals surface area (Å²) < 4.78 is 13.5. The van der Waals surface area contributed by atoms with Crippen molar-refractivity contribution in [2.75, 3.05) is 0 Å². The van der Waals surface area contributed by atoms with Crippen LogP contribution in [0.1, 0.15) is 21.6 Å². The van der Waals surface area contributed by atoms with Gasteiger partial charge in [0.05, 0.1) is 5.52 Å². The van der Waals surface area contributed by atoms with Crippen LogP contribution < -0.4 is 0 Å². The Bertz CT molecular complexity index is 1090. The average Bonchev–Trinajstić information content (AvgIpc) is 2.98. The quantitative estimate of drug-likeness (QED) is 0.491. The van der Waals surface area contributed by atoms with Crippen molar-refractivity contribution in [3.8, 4) is 0 Å². The summed E-state index contributed by atoms with van der Waals surface area (Å²) in [4.78, 5) is 17.6. The van der Waals surface area contributed by atoms with Gasteiger partial charge in [0.25, 0.3) is 0 Å². The Labute approximate surface area is 124 Å². The lowest BCUT2D eigenvalue weighted by Gasteiger charge is -2.01. The van der Waals surface area contributed by atoms with E-state index in [4.69, 9.17) is 0 Å². The van der Waals surface area contributed by atoms with Crippen molar-refractivity contribution < 1.29 is 14.3 Å². The van der Waals surface area contributed by atoms with Crippen LogP contribution >= 0.6 is 0 Å². The molecule has 0 spiro atoms. The van der Waals surface area contributed by atoms with E-state index in [2.05, 4.69) is 9.97 Å². The molecule has 0 saturated carbocycles. The average molecular weight is 296 g/mol. The molecule has 0 radical (unpaired) electrons. The van der Waals surface area contributed by atoms with Crippen LogP contribution in [-0.4, -0.2) is 21.0 Å². The highest BCUT2D eigenvalue weighted by Gasteiger charge is 2.18. The second-order valence-electron chi connectivity index (χ2n) is 5.59. The molecule has 0 saturated heterocycles. The second kappa shape index (κ2) is 4.10. The minimum absolute atomic E-state index is 0.196. The first-order chi connectivity index (χ1) is 10.5. The van der Waals surface area contributed by atoms with Gasteiger partial charge < -0.3 is 15.1 Å². The molecule has 0 atom stereocenters. The first-order valence-electron chi connectivity index (χ1n) is 6.93. The van der Waals surface area contributed by atoms with Gasteiger partial charge in [0.15, 0.2) is 0 Å². The monoisotopic (exact) mass is 296 g/mol. The van der Waals surface area contributed by atoms with Gasteiger partial charge in [-0.1, -0.05) is 0 Å². The maximum Gasteiger partial charge on any atom is 0.352 e. The Hall–Kier alpha value is -2.82. The van der Waals surface area contributed by atoms with Gasteiger partial charge in [-0.25, -0.2) is 9.18 Å². The number of aromatic nitrogens is 2. The maximum absolute atomic E-state index is 13.5. The first kappa shape index (κ1) is 12.9. The van der Waals surface area contributed by atoms with Crippen molar-refractivity contribution in [2.45, 2.75) is 13.8 Å². The Balaban J connectivity index is 2.22. The molecule has 4 rings (SSSR count). The van der Waals surface area contributed by atoms with E-state index in [9.17, 15) is 14.3 Å². The van der Waals surface area contributed by atoms with E-state index in [0.717, 1.165) is 38.3 Å². The van der Waals surface area contributed by atoms with Gasteiger partial charge in [-0.3, -0.25) is 0 Å². The number of hydrogen-bond donors (Lipinski definition) is 3. The number of aryl methyl sites for hydroxylation is 2. The molecule has 0 unspecified atom stereocenters. The minimum atomic E-state index is -0.979. The SMILES string of the molecule is Cc1c(C(=O)O)[nH]c2cc3c([nH]c4ccc(F)cc43)c(C)c12. The van der Waals surface area contributed by atoms with Crippen molar-refractivity contribution in [3.63, 3.8) is 0 Å². The van der Waals surface area contributed by atoms with Crippen LogP contribution in [0.3, 0.4) is 0 Å². The van der Waals surface area contributed by atoms with Crippen molar-refractivity contribution in [2.24, 2.45) is 0 Å². The van der Waals surface area contributed by atoms with Gasteiger partial charge in [0.2, 0.25) is 0 Å². The van der Waals surface area contributed by atoms with Crippen molar-refractivity contribution >= 4 is 38.7 Å². The van der Waals surface area contributed by atoms with Crippen LogP contribution in [0.15, 0.2) is 24.3 Å². The zero-order valence-electron chi connectivity index (χ0n) is 12.0. The topological polar surface area (TPSA) is 68.9 Å². The van der Waals surface area contributed by atoms with E-state index >= 15 is 0 Å². The Morgan fingerprint density at radius 3 is 2.55 bits per heavy atom. The number of carboxylic acids is 1. The fraction of sp³-hybridized carbons (Fsp3) is 0.118. The number of rotatable bonds is 1. The smallest absolute Gasteiger partial charge is 0.352 e. The zero-order valence-corrected chi connectivity index (χ0v) is 12.0. The fourth-order valence-corrected chi connectivity index (χ4v) is 3.32. The summed E-state index contributed by atoms with van der Waals surface area (Å²) in [5.41, 5.74) is 4.40. The van der Waals surface area contributed by atoms with E-state index in [-0.39, 0.29) is 11.5 Å². The van der Waals surface area contributed by atoms with Crippen molar-refractivity contribution in [1.29, 1.82) is 0 Å². The number of fused-ring (bicyclic) bond motifs is 4. The number of hydrogen-bond acceptors (Lipinski definition) is 1. The zero-order chi connectivity index (χ0) is 15.6. The number of benzene rings is 2. The number of carbonyl (C=O) groups is 1. The van der Waals surface area contributed by atoms with Crippen LogP contribution in [0.25, 0.3) is 32.7 Å². The predicted molar refractivity (Wildman–Crippen MR) is 84.1 cm³/mol. The number of aromatic carboxylic acids is 1. The van der Waals surface area contributed by atoms with Crippen LogP contribution in [-0.2, 0) is 0 Å². The number of H-pyrrole nitrogens is 2. The van der Waals surface area contributed by atoms with Crippen molar-refractivity contribution in [3.05, 3.63) is 46.9 Å². The van der Waals surface area contributed by atoms with Gasteiger partial charge in [-0.15, -0.1) is 0 Å². The molecule has 110 valence electrons. The maximum atomic E-state index is 13.5. The highest BCUT2D eigenvalue weighted by atomic mass is 19.1. The predicted octanol–water partition coefficient (Wildman–Crippen LogP) is 4.26. The third-order valence-corrected chi connectivity index (χ3v) is 4.33. The van der Waals surface area contributed by atoms with Gasteiger partial charge in [-0.2, -0.15) is 0 Å². The molecule has 2 aromatic carbocycles. The molecule has 0 fully saturated rings. The molecule has 3 N–H and O–H groups in total. The summed E-state index contributed by atoms with van der Waals surface area (Å²) in [6, 6.07) is 6.52. The van der Waals surface area contributed by atoms with Crippen LogP contribution in [0.4, 0.5) is 4.39 Å². The van der Waals surface area contributed by atoms with E-state index < -0.39 is 5.97 Å². The first-order valence-corrected chi connectivity index (χ1v) is 6.93. The molecule has 0 amide bonds. The number of aromatic amines is 2. The summed E-state index contributed by atoms with van der Waals surface area (Å²) in [5.74, 6) is -1.27. The van der Waals surface area contributed by atoms with Gasteiger partial charge >= 0.3 is 5.97 Å². The third-order valence-electron chi connectivity index (χ3n) is 4.33. The van der Waals surface area contributed by atoms with Crippen LogP contribution in [0, 0.1) is 19.7 Å². The van der Waals surface area contributed by atoms with E-state index in [0.29, 0.717) is 5.56 Å². The Morgan fingerprint density at radius 2 is 1.82 bits per heavy atom. The molecule has 4 aromatic rings. The Morgan fingerprint density at radius 1 is 1.05 bits per heavy atom. The largest absolute Gasteiger partial charge is 0.477 e. The summed E-state index contributed by atoms with van der Waals surface area (Å²) in [7, 11) is 0. The third kappa shape index (κ3) is 1.53. The lowest BCUT2D eigenvalue weighted by atomic mass is 10.0. The van der Waals surface area contributed by atoms with E-state index in [1.807, 2.05) is 13.0 Å². The molecule has 0 aliphatic carbocycles. The molecule has 5 heteroatoms. The molecular formula is C17H13FN2O2. The van der Waals surface area contributed by atoms with E-state index in [1.165, 1.54) is 12.1 Å². The van der Waals surface area contributed by atoms with Crippen molar-refractivity contribution in [1.82, 2.24) is 9.97 Å². The normalized spacial score (nSPS) is 11.8. The van der Waals surface area contributed by atoms with Crippen LogP contribution in [0.2, 0.25) is 0 Å². The summed E-state index contributed by atoms with van der Waals surface area (Å²) in [6.45, 7) is 3.74. The molecular weight excluding hydrogens is 283 g/mol. The molecule has 22 heavy (non-hydrogen) atoms. The number of halogens is 1. The minimum Gasteiger partial charge on any atom is -0.477 e. The standard InChI is InChI=1S/C17H13FN2O2/c1-7-14-8(2)16(17(21)22)20-13(14)6-11-10-5-9(18)3-4-12(10)19-15(7)11/h3-6,19-20H,1-2H3,(H,21,22). The molecule has 0 aliphatic rings. The summed E-state index contributed by atoms with van der Waals surface area (Å²) in [5, 5.41) is 11.8. The van der Waals surface area contributed by atoms with Gasteiger partial charge in [0, 0.05) is 27.2 Å². The Kier molecular flexibility index (Phi) is 2.40. The highest BCUT2D eigenvalue weighted by molar-refractivity contribution is 6.14. The fourth-order valence-electron chi connectivity index (χ4n) is 3.32.